The Hall–Kier alpha value is -3.45. The number of rotatable bonds is 8. The Bertz CT molecular complexity index is 1130. The number of para-hydroxylation sites is 1. The van der Waals surface area contributed by atoms with Gasteiger partial charge in [-0.3, -0.25) is 9.59 Å². The van der Waals surface area contributed by atoms with Crippen LogP contribution in [0.1, 0.15) is 18.9 Å². The summed E-state index contributed by atoms with van der Waals surface area (Å²) < 4.78 is 6.27. The second kappa shape index (κ2) is 11.2. The average molecular weight is 494 g/mol. The Kier molecular flexibility index (Phi) is 8.16. The second-order valence-corrected chi connectivity index (χ2v) is 8.10. The van der Waals surface area contributed by atoms with Crippen LogP contribution in [0.4, 0.5) is 5.69 Å². The van der Waals surface area contributed by atoms with Gasteiger partial charge in [-0.05, 0) is 59.1 Å². The molecule has 0 saturated carbocycles. The predicted molar refractivity (Wildman–Crippen MR) is 131 cm³/mol. The first-order valence-electron chi connectivity index (χ1n) is 10.1. The van der Waals surface area contributed by atoms with E-state index in [1.54, 1.807) is 13.0 Å². The number of nitrogens with one attached hydrogen (secondary N) is 2. The minimum atomic E-state index is -0.411. The van der Waals surface area contributed by atoms with Crippen LogP contribution in [-0.4, -0.2) is 24.1 Å². The van der Waals surface area contributed by atoms with Gasteiger partial charge >= 0.3 is 0 Å². The summed E-state index contributed by atoms with van der Waals surface area (Å²) in [7, 11) is 0. The number of hydrogen-bond acceptors (Lipinski definition) is 4. The molecule has 0 aromatic heterocycles. The number of amides is 2. The van der Waals surface area contributed by atoms with Gasteiger partial charge in [0.25, 0.3) is 5.91 Å². The minimum Gasteiger partial charge on any atom is -0.483 e. The summed E-state index contributed by atoms with van der Waals surface area (Å²) in [6, 6.07) is 23.0. The van der Waals surface area contributed by atoms with Crippen molar-refractivity contribution in [1.29, 1.82) is 0 Å². The summed E-state index contributed by atoms with van der Waals surface area (Å²) in [5.74, 6) is -0.0571. The van der Waals surface area contributed by atoms with E-state index in [2.05, 4.69) is 31.8 Å². The average Bonchev–Trinajstić information content (AvgIpc) is 2.78. The minimum absolute atomic E-state index is 0.0494. The molecule has 2 amide bonds. The molecule has 0 fully saturated rings. The molecule has 0 bridgehead atoms. The number of aryl methyl sites for hydroxylation is 1. The van der Waals surface area contributed by atoms with Crippen LogP contribution in [0, 0.1) is 6.92 Å². The highest BCUT2D eigenvalue weighted by molar-refractivity contribution is 9.10. The molecule has 0 aliphatic carbocycles. The topological polar surface area (TPSA) is 79.8 Å². The Labute approximate surface area is 195 Å². The van der Waals surface area contributed by atoms with Crippen molar-refractivity contribution >= 4 is 39.1 Å². The molecule has 164 valence electrons. The third-order valence-electron chi connectivity index (χ3n) is 4.52. The summed E-state index contributed by atoms with van der Waals surface area (Å²) in [6.45, 7) is 3.46. The summed E-state index contributed by atoms with van der Waals surface area (Å²) >= 11 is 3.40. The molecular weight excluding hydrogens is 470 g/mol. The van der Waals surface area contributed by atoms with Crippen LogP contribution in [0.5, 0.6) is 5.75 Å². The van der Waals surface area contributed by atoms with Crippen LogP contribution in [-0.2, 0) is 9.59 Å². The molecule has 2 N–H and O–H groups in total. The van der Waals surface area contributed by atoms with Crippen LogP contribution in [0.3, 0.4) is 0 Å². The highest BCUT2D eigenvalue weighted by atomic mass is 79.9. The van der Waals surface area contributed by atoms with Crippen molar-refractivity contribution in [2.45, 2.75) is 20.3 Å². The van der Waals surface area contributed by atoms with Crippen molar-refractivity contribution in [3.05, 3.63) is 82.8 Å². The third kappa shape index (κ3) is 6.78. The standard InChI is InChI=1S/C25H24BrN3O3/c1-17-12-13-23(21(26)14-17)32-16-25(31)29-28-18(2)15-24(30)27-22-11-7-6-10-20(22)19-8-4-3-5-9-19/h3-14H,15-16H2,1-2H3,(H,27,30)(H,29,31)/b28-18-. The Balaban J connectivity index is 1.52. The fraction of sp³-hybridized carbons (Fsp3) is 0.160. The van der Waals surface area contributed by atoms with Crippen molar-refractivity contribution in [1.82, 2.24) is 5.43 Å². The van der Waals surface area contributed by atoms with E-state index < -0.39 is 5.91 Å². The van der Waals surface area contributed by atoms with Crippen molar-refractivity contribution in [3.63, 3.8) is 0 Å². The van der Waals surface area contributed by atoms with Crippen molar-refractivity contribution < 1.29 is 14.3 Å². The van der Waals surface area contributed by atoms with Crippen molar-refractivity contribution in [2.75, 3.05) is 11.9 Å². The van der Waals surface area contributed by atoms with Crippen LogP contribution in [0.2, 0.25) is 0 Å². The summed E-state index contributed by atoms with van der Waals surface area (Å²) in [6.07, 6.45) is 0.0494. The number of benzene rings is 3. The number of hydrazone groups is 1. The number of nitrogens with zero attached hydrogens (tertiary/aromatic N) is 1. The first kappa shape index (κ1) is 23.2. The summed E-state index contributed by atoms with van der Waals surface area (Å²) in [5.41, 5.74) is 6.65. The first-order valence-corrected chi connectivity index (χ1v) is 10.9. The Morgan fingerprint density at radius 2 is 1.69 bits per heavy atom. The molecule has 6 nitrogen and oxygen atoms in total. The maximum atomic E-state index is 12.5. The zero-order chi connectivity index (χ0) is 22.9. The molecule has 0 radical (unpaired) electrons. The highest BCUT2D eigenvalue weighted by Crippen LogP contribution is 2.27. The largest absolute Gasteiger partial charge is 0.483 e. The van der Waals surface area contributed by atoms with Gasteiger partial charge in [-0.15, -0.1) is 0 Å². The number of anilines is 1. The van der Waals surface area contributed by atoms with E-state index in [9.17, 15) is 9.59 Å². The van der Waals surface area contributed by atoms with E-state index in [4.69, 9.17) is 4.74 Å². The second-order valence-electron chi connectivity index (χ2n) is 7.24. The molecule has 0 heterocycles. The fourth-order valence-electron chi connectivity index (χ4n) is 2.98. The Morgan fingerprint density at radius 1 is 0.969 bits per heavy atom. The van der Waals surface area contributed by atoms with E-state index in [1.165, 1.54) is 0 Å². The van der Waals surface area contributed by atoms with Crippen molar-refractivity contribution in [2.24, 2.45) is 5.10 Å². The summed E-state index contributed by atoms with van der Waals surface area (Å²) in [4.78, 5) is 24.5. The third-order valence-corrected chi connectivity index (χ3v) is 5.14. The van der Waals surface area contributed by atoms with Gasteiger partial charge in [-0.25, -0.2) is 5.43 Å². The molecule has 3 aromatic rings. The molecule has 3 aromatic carbocycles. The van der Waals surface area contributed by atoms with E-state index in [0.29, 0.717) is 11.5 Å². The SMILES string of the molecule is C/C(CC(=O)Nc1ccccc1-c1ccccc1)=N/NC(=O)COc1ccc(C)cc1Br. The van der Waals surface area contributed by atoms with Crippen LogP contribution < -0.4 is 15.5 Å². The van der Waals surface area contributed by atoms with E-state index in [-0.39, 0.29) is 18.9 Å². The lowest BCUT2D eigenvalue weighted by molar-refractivity contribution is -0.123. The van der Waals surface area contributed by atoms with Gasteiger partial charge in [-0.2, -0.15) is 5.10 Å². The number of halogens is 1. The lowest BCUT2D eigenvalue weighted by Gasteiger charge is -2.11. The lowest BCUT2D eigenvalue weighted by atomic mass is 10.0. The predicted octanol–water partition coefficient (Wildman–Crippen LogP) is 5.32. The zero-order valence-electron chi connectivity index (χ0n) is 17.9. The first-order chi connectivity index (χ1) is 15.4. The molecule has 0 atom stereocenters. The lowest BCUT2D eigenvalue weighted by Crippen LogP contribution is -2.26. The van der Waals surface area contributed by atoms with Gasteiger partial charge < -0.3 is 10.1 Å². The maximum absolute atomic E-state index is 12.5. The molecule has 0 aliphatic heterocycles. The zero-order valence-corrected chi connectivity index (χ0v) is 19.5. The Morgan fingerprint density at radius 3 is 2.44 bits per heavy atom. The van der Waals surface area contributed by atoms with Gasteiger partial charge in [0.05, 0.1) is 10.9 Å². The molecule has 0 unspecified atom stereocenters. The molecule has 0 aliphatic rings. The van der Waals surface area contributed by atoms with Crippen LogP contribution >= 0.6 is 15.9 Å². The molecule has 3 rings (SSSR count). The maximum Gasteiger partial charge on any atom is 0.277 e. The number of ether oxygens (including phenoxy) is 1. The smallest absolute Gasteiger partial charge is 0.277 e. The van der Waals surface area contributed by atoms with Crippen molar-refractivity contribution in [3.8, 4) is 16.9 Å². The van der Waals surface area contributed by atoms with Gasteiger partial charge in [0, 0.05) is 17.0 Å². The molecule has 0 saturated heterocycles. The number of carbonyl (C=O) groups excluding carboxylic acids is 2. The highest BCUT2D eigenvalue weighted by Gasteiger charge is 2.10. The van der Waals surface area contributed by atoms with E-state index >= 15 is 0 Å². The normalized spacial score (nSPS) is 11.0. The molecule has 32 heavy (non-hydrogen) atoms. The van der Waals surface area contributed by atoms with E-state index in [0.717, 1.165) is 26.9 Å². The molecular formula is C25H24BrN3O3. The van der Waals surface area contributed by atoms with Crippen LogP contribution in [0.15, 0.2) is 82.4 Å². The quantitative estimate of drug-likeness (QED) is 0.329. The van der Waals surface area contributed by atoms with Gasteiger partial charge in [-0.1, -0.05) is 54.6 Å². The number of carbonyl (C=O) groups is 2. The summed E-state index contributed by atoms with van der Waals surface area (Å²) in [5, 5.41) is 6.92. The van der Waals surface area contributed by atoms with Gasteiger partial charge in [0.2, 0.25) is 5.91 Å². The monoisotopic (exact) mass is 493 g/mol. The fourth-order valence-corrected chi connectivity index (χ4v) is 3.59. The van der Waals surface area contributed by atoms with Crippen LogP contribution in [0.25, 0.3) is 11.1 Å². The van der Waals surface area contributed by atoms with E-state index in [1.807, 2.05) is 73.7 Å². The number of hydrogen-bond donors (Lipinski definition) is 2. The molecule has 7 heteroatoms. The van der Waals surface area contributed by atoms with Gasteiger partial charge in [0.15, 0.2) is 6.61 Å². The molecule has 0 spiro atoms. The van der Waals surface area contributed by atoms with Gasteiger partial charge in [0.1, 0.15) is 5.75 Å².